The highest BCUT2D eigenvalue weighted by Gasteiger charge is 2.37. The number of hydrogen-bond acceptors (Lipinski definition) is 5. The predicted octanol–water partition coefficient (Wildman–Crippen LogP) is 0.977. The van der Waals surface area contributed by atoms with E-state index in [1.165, 1.54) is 9.70 Å². The first-order valence-corrected chi connectivity index (χ1v) is 7.46. The van der Waals surface area contributed by atoms with E-state index >= 15 is 0 Å². The third-order valence-corrected chi connectivity index (χ3v) is 3.98. The molecular weight excluding hydrogens is 298 g/mol. The predicted molar refractivity (Wildman–Crippen MR) is 80.3 cm³/mol. The highest BCUT2D eigenvalue weighted by atomic mass is 16.4. The van der Waals surface area contributed by atoms with Crippen LogP contribution in [0.5, 0.6) is 0 Å². The van der Waals surface area contributed by atoms with Gasteiger partial charge in [0, 0.05) is 12.1 Å². The van der Waals surface area contributed by atoms with Gasteiger partial charge in [-0.3, -0.25) is 4.79 Å². The van der Waals surface area contributed by atoms with E-state index in [9.17, 15) is 14.7 Å². The van der Waals surface area contributed by atoms with Crippen molar-refractivity contribution in [3.05, 3.63) is 30.3 Å². The molecule has 1 fully saturated rings. The van der Waals surface area contributed by atoms with Gasteiger partial charge < -0.3 is 10.0 Å². The molecule has 8 nitrogen and oxygen atoms in total. The van der Waals surface area contributed by atoms with Crippen molar-refractivity contribution in [2.24, 2.45) is 0 Å². The van der Waals surface area contributed by atoms with E-state index in [1.807, 2.05) is 30.3 Å². The van der Waals surface area contributed by atoms with Gasteiger partial charge >= 0.3 is 5.97 Å². The van der Waals surface area contributed by atoms with Crippen LogP contribution < -0.4 is 0 Å². The van der Waals surface area contributed by atoms with Crippen LogP contribution in [0, 0.1) is 0 Å². The first-order chi connectivity index (χ1) is 11.1. The number of aromatic nitrogens is 4. The Hall–Kier alpha value is -2.77. The second-order valence-corrected chi connectivity index (χ2v) is 5.50. The van der Waals surface area contributed by atoms with Gasteiger partial charge in [-0.1, -0.05) is 30.3 Å². The summed E-state index contributed by atoms with van der Waals surface area (Å²) in [5.74, 6) is -0.840. The van der Waals surface area contributed by atoms with Crippen molar-refractivity contribution >= 4 is 11.9 Å². The number of tetrazole rings is 1. The Kier molecular flexibility index (Phi) is 4.05. The second kappa shape index (κ2) is 6.15. The summed E-state index contributed by atoms with van der Waals surface area (Å²) < 4.78 is 0. The standard InChI is InChI=1S/C15H17N5O3/c1-10(14(21)19-9-5-8-12(19)15(22)23)20-17-13(16-18-20)11-6-3-2-4-7-11/h2-4,6-7,10,12H,5,8-9H2,1H3,(H,22,23)/t10?,12-/m1/s1. The first kappa shape index (κ1) is 15.1. The molecule has 2 heterocycles. The van der Waals surface area contributed by atoms with E-state index < -0.39 is 18.1 Å². The van der Waals surface area contributed by atoms with Crippen LogP contribution in [0.2, 0.25) is 0 Å². The van der Waals surface area contributed by atoms with E-state index in [0.717, 1.165) is 5.56 Å². The molecule has 1 aromatic carbocycles. The van der Waals surface area contributed by atoms with Crippen molar-refractivity contribution < 1.29 is 14.7 Å². The quantitative estimate of drug-likeness (QED) is 0.902. The number of carbonyl (C=O) groups is 2. The summed E-state index contributed by atoms with van der Waals surface area (Å²) in [5, 5.41) is 21.3. The fourth-order valence-electron chi connectivity index (χ4n) is 2.72. The fourth-order valence-corrected chi connectivity index (χ4v) is 2.72. The van der Waals surface area contributed by atoms with Crippen LogP contribution in [-0.4, -0.2) is 54.7 Å². The van der Waals surface area contributed by atoms with Crippen LogP contribution in [0.25, 0.3) is 11.4 Å². The molecule has 2 aromatic rings. The normalized spacial score (nSPS) is 18.8. The van der Waals surface area contributed by atoms with Crippen molar-refractivity contribution in [1.29, 1.82) is 0 Å². The summed E-state index contributed by atoms with van der Waals surface area (Å²) in [6.45, 7) is 2.09. The third kappa shape index (κ3) is 2.92. The molecule has 0 spiro atoms. The Morgan fingerprint density at radius 3 is 2.74 bits per heavy atom. The molecule has 1 N–H and O–H groups in total. The zero-order chi connectivity index (χ0) is 16.4. The second-order valence-electron chi connectivity index (χ2n) is 5.50. The molecule has 2 atom stereocenters. The molecule has 1 aliphatic rings. The molecule has 1 aliphatic heterocycles. The number of carbonyl (C=O) groups excluding carboxylic acids is 1. The summed E-state index contributed by atoms with van der Waals surface area (Å²) in [7, 11) is 0. The van der Waals surface area contributed by atoms with Gasteiger partial charge in [0.05, 0.1) is 0 Å². The van der Waals surface area contributed by atoms with Crippen LogP contribution in [0.1, 0.15) is 25.8 Å². The van der Waals surface area contributed by atoms with Crippen molar-refractivity contribution in [3.63, 3.8) is 0 Å². The molecular formula is C15H17N5O3. The number of amides is 1. The number of rotatable bonds is 4. The van der Waals surface area contributed by atoms with Crippen molar-refractivity contribution in [1.82, 2.24) is 25.1 Å². The van der Waals surface area contributed by atoms with Gasteiger partial charge in [-0.25, -0.2) is 4.79 Å². The summed E-state index contributed by atoms with van der Waals surface area (Å²) in [4.78, 5) is 26.4. The van der Waals surface area contributed by atoms with E-state index in [1.54, 1.807) is 6.92 Å². The van der Waals surface area contributed by atoms with Gasteiger partial charge in [0.15, 0.2) is 0 Å². The maximum atomic E-state index is 12.5. The number of benzene rings is 1. The molecule has 120 valence electrons. The molecule has 23 heavy (non-hydrogen) atoms. The van der Waals surface area contributed by atoms with Crippen molar-refractivity contribution in [2.45, 2.75) is 31.8 Å². The SMILES string of the molecule is CC(C(=O)N1CCC[C@@H]1C(=O)O)n1nnc(-c2ccccc2)n1. The van der Waals surface area contributed by atoms with E-state index in [-0.39, 0.29) is 5.91 Å². The van der Waals surface area contributed by atoms with E-state index in [2.05, 4.69) is 15.4 Å². The number of carboxylic acids is 1. The number of likely N-dealkylation sites (tertiary alicyclic amines) is 1. The molecule has 1 unspecified atom stereocenters. The van der Waals surface area contributed by atoms with Gasteiger partial charge in [0.25, 0.3) is 0 Å². The minimum absolute atomic E-state index is 0.299. The smallest absolute Gasteiger partial charge is 0.326 e. The third-order valence-electron chi connectivity index (χ3n) is 3.98. The Labute approximate surface area is 132 Å². The summed E-state index contributed by atoms with van der Waals surface area (Å²) in [6.07, 6.45) is 1.17. The minimum atomic E-state index is -0.973. The average Bonchev–Trinajstić information content (AvgIpc) is 3.23. The van der Waals surface area contributed by atoms with Gasteiger partial charge in [0.2, 0.25) is 11.7 Å². The monoisotopic (exact) mass is 315 g/mol. The lowest BCUT2D eigenvalue weighted by Crippen LogP contribution is -2.43. The zero-order valence-corrected chi connectivity index (χ0v) is 12.7. The van der Waals surface area contributed by atoms with E-state index in [4.69, 9.17) is 0 Å². The molecule has 0 radical (unpaired) electrons. The Bertz CT molecular complexity index is 715. The van der Waals surface area contributed by atoms with Crippen LogP contribution in [0.3, 0.4) is 0 Å². The lowest BCUT2D eigenvalue weighted by molar-refractivity contribution is -0.149. The molecule has 1 aromatic heterocycles. The summed E-state index contributed by atoms with van der Waals surface area (Å²) in [5.41, 5.74) is 0.808. The number of hydrogen-bond donors (Lipinski definition) is 1. The highest BCUT2D eigenvalue weighted by molar-refractivity contribution is 5.86. The largest absolute Gasteiger partial charge is 0.480 e. The number of nitrogens with zero attached hydrogens (tertiary/aromatic N) is 5. The molecule has 1 saturated heterocycles. The Morgan fingerprint density at radius 2 is 2.04 bits per heavy atom. The van der Waals surface area contributed by atoms with Gasteiger partial charge in [0.1, 0.15) is 12.1 Å². The minimum Gasteiger partial charge on any atom is -0.480 e. The number of carboxylic acid groups (broad SMARTS) is 1. The van der Waals surface area contributed by atoms with Gasteiger partial charge in [-0.05, 0) is 25.0 Å². The lowest BCUT2D eigenvalue weighted by atomic mass is 10.2. The van der Waals surface area contributed by atoms with Crippen LogP contribution in [-0.2, 0) is 9.59 Å². The fraction of sp³-hybridized carbons (Fsp3) is 0.400. The lowest BCUT2D eigenvalue weighted by Gasteiger charge is -2.24. The van der Waals surface area contributed by atoms with Gasteiger partial charge in [-0.2, -0.15) is 4.80 Å². The maximum Gasteiger partial charge on any atom is 0.326 e. The summed E-state index contributed by atoms with van der Waals surface area (Å²) >= 11 is 0. The molecule has 3 rings (SSSR count). The maximum absolute atomic E-state index is 12.5. The highest BCUT2D eigenvalue weighted by Crippen LogP contribution is 2.21. The topological polar surface area (TPSA) is 101 Å². The van der Waals surface area contributed by atoms with Crippen LogP contribution in [0.15, 0.2) is 30.3 Å². The van der Waals surface area contributed by atoms with Gasteiger partial charge in [-0.15, -0.1) is 10.2 Å². The first-order valence-electron chi connectivity index (χ1n) is 7.46. The number of aliphatic carboxylic acids is 1. The molecule has 0 bridgehead atoms. The van der Waals surface area contributed by atoms with Crippen molar-refractivity contribution in [3.8, 4) is 11.4 Å². The summed E-state index contributed by atoms with van der Waals surface area (Å²) in [6, 6.07) is 7.88. The van der Waals surface area contributed by atoms with E-state index in [0.29, 0.717) is 25.2 Å². The zero-order valence-electron chi connectivity index (χ0n) is 12.7. The van der Waals surface area contributed by atoms with Crippen LogP contribution >= 0.6 is 0 Å². The molecule has 0 aliphatic carbocycles. The molecule has 8 heteroatoms. The average molecular weight is 315 g/mol. The van der Waals surface area contributed by atoms with Crippen molar-refractivity contribution in [2.75, 3.05) is 6.54 Å². The Balaban J connectivity index is 1.78. The van der Waals surface area contributed by atoms with Crippen LogP contribution in [0.4, 0.5) is 0 Å². The molecule has 0 saturated carbocycles. The molecule has 1 amide bonds. The Morgan fingerprint density at radius 1 is 1.30 bits per heavy atom.